The van der Waals surface area contributed by atoms with Gasteiger partial charge in [-0.25, -0.2) is 0 Å². The number of hydrogen-bond acceptors (Lipinski definition) is 2. The van der Waals surface area contributed by atoms with E-state index in [-0.39, 0.29) is 6.10 Å². The van der Waals surface area contributed by atoms with Crippen LogP contribution in [0.15, 0.2) is 24.3 Å². The second-order valence-corrected chi connectivity index (χ2v) is 3.67. The quantitative estimate of drug-likeness (QED) is 0.792. The first-order valence-corrected chi connectivity index (χ1v) is 5.13. The molecule has 1 unspecified atom stereocenters. The van der Waals surface area contributed by atoms with Crippen molar-refractivity contribution in [3.8, 4) is 0 Å². The van der Waals surface area contributed by atoms with Gasteiger partial charge in [0.15, 0.2) is 0 Å². The van der Waals surface area contributed by atoms with Gasteiger partial charge in [0.2, 0.25) is 0 Å². The fraction of sp³-hybridized carbons (Fsp3) is 0.500. The summed E-state index contributed by atoms with van der Waals surface area (Å²) >= 11 is 0. The molecule has 0 fully saturated rings. The van der Waals surface area contributed by atoms with Crippen LogP contribution in [0.2, 0.25) is 0 Å². The van der Waals surface area contributed by atoms with Gasteiger partial charge in [-0.2, -0.15) is 0 Å². The Morgan fingerprint density at radius 1 is 1.36 bits per heavy atom. The highest BCUT2D eigenvalue weighted by Crippen LogP contribution is 2.19. The van der Waals surface area contributed by atoms with Gasteiger partial charge < -0.3 is 10.0 Å². The van der Waals surface area contributed by atoms with Crippen LogP contribution in [0.4, 0.5) is 5.69 Å². The molecule has 1 N–H and O–H groups in total. The highest BCUT2D eigenvalue weighted by molar-refractivity contribution is 5.52. The van der Waals surface area contributed by atoms with Crippen molar-refractivity contribution in [1.29, 1.82) is 0 Å². The minimum Gasteiger partial charge on any atom is -0.392 e. The number of aliphatic hydroxyl groups excluding tert-OH is 1. The van der Waals surface area contributed by atoms with E-state index >= 15 is 0 Å². The minimum atomic E-state index is -0.283. The average molecular weight is 193 g/mol. The van der Waals surface area contributed by atoms with Crippen LogP contribution in [0.3, 0.4) is 0 Å². The van der Waals surface area contributed by atoms with E-state index in [0.717, 1.165) is 6.54 Å². The van der Waals surface area contributed by atoms with E-state index < -0.39 is 0 Å². The molecule has 0 saturated carbocycles. The Bertz CT molecular complexity index is 283. The van der Waals surface area contributed by atoms with Crippen molar-refractivity contribution in [1.82, 2.24) is 0 Å². The topological polar surface area (TPSA) is 23.5 Å². The smallest absolute Gasteiger partial charge is 0.0687 e. The van der Waals surface area contributed by atoms with Crippen LogP contribution >= 0.6 is 0 Å². The second-order valence-electron chi connectivity index (χ2n) is 3.67. The molecular weight excluding hydrogens is 174 g/mol. The number of aliphatic hydroxyl groups is 1. The van der Waals surface area contributed by atoms with E-state index in [1.165, 1.54) is 11.3 Å². The summed E-state index contributed by atoms with van der Waals surface area (Å²) in [5.74, 6) is 0. The molecule has 0 radical (unpaired) electrons. The van der Waals surface area contributed by atoms with Gasteiger partial charge in [0.1, 0.15) is 0 Å². The highest BCUT2D eigenvalue weighted by atomic mass is 16.3. The van der Waals surface area contributed by atoms with Crippen molar-refractivity contribution in [2.45, 2.75) is 26.9 Å². The van der Waals surface area contributed by atoms with E-state index in [2.05, 4.69) is 30.9 Å². The Hall–Kier alpha value is -1.02. The number of anilines is 1. The first kappa shape index (κ1) is 11.1. The van der Waals surface area contributed by atoms with Crippen LogP contribution < -0.4 is 4.90 Å². The number of hydrogen-bond donors (Lipinski definition) is 1. The van der Waals surface area contributed by atoms with E-state index in [1.54, 1.807) is 0 Å². The van der Waals surface area contributed by atoms with E-state index in [9.17, 15) is 5.11 Å². The summed E-state index contributed by atoms with van der Waals surface area (Å²) in [6, 6.07) is 8.27. The van der Waals surface area contributed by atoms with E-state index in [4.69, 9.17) is 0 Å². The molecule has 2 heteroatoms. The Morgan fingerprint density at radius 3 is 2.50 bits per heavy atom. The lowest BCUT2D eigenvalue weighted by Crippen LogP contribution is -2.31. The third-order valence-electron chi connectivity index (χ3n) is 2.32. The first-order valence-electron chi connectivity index (χ1n) is 5.13. The number of nitrogens with zero attached hydrogens (tertiary/aromatic N) is 1. The maximum absolute atomic E-state index is 9.36. The van der Waals surface area contributed by atoms with Gasteiger partial charge in [0.25, 0.3) is 0 Å². The van der Waals surface area contributed by atoms with Crippen LogP contribution in [-0.2, 0) is 0 Å². The summed E-state index contributed by atoms with van der Waals surface area (Å²) in [7, 11) is 0. The summed E-state index contributed by atoms with van der Waals surface area (Å²) < 4.78 is 0. The van der Waals surface area contributed by atoms with E-state index in [0.29, 0.717) is 6.54 Å². The summed E-state index contributed by atoms with van der Waals surface area (Å²) in [4.78, 5) is 2.19. The van der Waals surface area contributed by atoms with Gasteiger partial charge in [-0.15, -0.1) is 0 Å². The van der Waals surface area contributed by atoms with Crippen LogP contribution in [-0.4, -0.2) is 24.3 Å². The fourth-order valence-electron chi connectivity index (χ4n) is 1.63. The molecule has 78 valence electrons. The molecule has 0 heterocycles. The lowest BCUT2D eigenvalue weighted by Gasteiger charge is -2.26. The third-order valence-corrected chi connectivity index (χ3v) is 2.32. The van der Waals surface area contributed by atoms with Crippen LogP contribution in [0.25, 0.3) is 0 Å². The number of rotatable bonds is 4. The molecule has 0 amide bonds. The number of para-hydroxylation sites is 1. The van der Waals surface area contributed by atoms with Crippen molar-refractivity contribution in [2.24, 2.45) is 0 Å². The Balaban J connectivity index is 2.83. The molecule has 0 spiro atoms. The zero-order chi connectivity index (χ0) is 10.6. The molecule has 14 heavy (non-hydrogen) atoms. The summed E-state index contributed by atoms with van der Waals surface area (Å²) in [5, 5.41) is 9.36. The summed E-state index contributed by atoms with van der Waals surface area (Å²) in [5.41, 5.74) is 2.48. The van der Waals surface area contributed by atoms with Crippen molar-refractivity contribution in [3.05, 3.63) is 29.8 Å². The zero-order valence-electron chi connectivity index (χ0n) is 9.20. The van der Waals surface area contributed by atoms with Gasteiger partial charge >= 0.3 is 0 Å². The third kappa shape index (κ3) is 2.74. The molecule has 1 aromatic carbocycles. The average Bonchev–Trinajstić information content (AvgIpc) is 2.15. The molecule has 0 aliphatic heterocycles. The molecule has 0 aliphatic rings. The molecule has 1 aromatic rings. The van der Waals surface area contributed by atoms with Crippen LogP contribution in [0, 0.1) is 6.92 Å². The molecule has 0 aliphatic carbocycles. The maximum Gasteiger partial charge on any atom is 0.0687 e. The van der Waals surface area contributed by atoms with Crippen LogP contribution in [0.1, 0.15) is 19.4 Å². The molecule has 0 aromatic heterocycles. The van der Waals surface area contributed by atoms with Crippen molar-refractivity contribution in [2.75, 3.05) is 18.0 Å². The van der Waals surface area contributed by atoms with Crippen molar-refractivity contribution in [3.63, 3.8) is 0 Å². The van der Waals surface area contributed by atoms with Crippen LogP contribution in [0.5, 0.6) is 0 Å². The molecule has 0 saturated heterocycles. The summed E-state index contributed by atoms with van der Waals surface area (Å²) in [6.45, 7) is 7.65. The minimum absolute atomic E-state index is 0.283. The predicted molar refractivity (Wildman–Crippen MR) is 60.7 cm³/mol. The van der Waals surface area contributed by atoms with Crippen molar-refractivity contribution >= 4 is 5.69 Å². The molecule has 1 rings (SSSR count). The largest absolute Gasteiger partial charge is 0.392 e. The van der Waals surface area contributed by atoms with Gasteiger partial charge in [-0.1, -0.05) is 18.2 Å². The molecule has 1 atom stereocenters. The molecule has 2 nitrogen and oxygen atoms in total. The zero-order valence-corrected chi connectivity index (χ0v) is 9.20. The second kappa shape index (κ2) is 5.01. The number of aryl methyl sites for hydroxylation is 1. The fourth-order valence-corrected chi connectivity index (χ4v) is 1.63. The predicted octanol–water partition coefficient (Wildman–Crippen LogP) is 2.20. The lowest BCUT2D eigenvalue weighted by molar-refractivity contribution is 0.200. The molecular formula is C12H19NO. The highest BCUT2D eigenvalue weighted by Gasteiger charge is 2.08. The lowest BCUT2D eigenvalue weighted by atomic mass is 10.1. The maximum atomic E-state index is 9.36. The van der Waals surface area contributed by atoms with Crippen molar-refractivity contribution < 1.29 is 5.11 Å². The standard InChI is InChI=1S/C12H19NO/c1-4-13(9-11(3)14)12-8-6-5-7-10(12)2/h5-8,11,14H,4,9H2,1-3H3. The Labute approximate surface area is 86.2 Å². The number of likely N-dealkylation sites (N-methyl/N-ethyl adjacent to an activating group) is 1. The Kier molecular flexibility index (Phi) is 3.96. The SMILES string of the molecule is CCN(CC(C)O)c1ccccc1C. The van der Waals surface area contributed by atoms with E-state index in [1.807, 2.05) is 19.1 Å². The van der Waals surface area contributed by atoms with Gasteiger partial charge in [0.05, 0.1) is 6.10 Å². The first-order chi connectivity index (χ1) is 6.65. The van der Waals surface area contributed by atoms with Gasteiger partial charge in [-0.05, 0) is 32.4 Å². The van der Waals surface area contributed by atoms with Gasteiger partial charge in [0, 0.05) is 18.8 Å². The van der Waals surface area contributed by atoms with Gasteiger partial charge in [-0.3, -0.25) is 0 Å². The normalized spacial score (nSPS) is 12.6. The monoisotopic (exact) mass is 193 g/mol. The molecule has 0 bridgehead atoms. The summed E-state index contributed by atoms with van der Waals surface area (Å²) in [6.07, 6.45) is -0.283. The Morgan fingerprint density at radius 2 is 2.00 bits per heavy atom. The number of benzene rings is 1.